The summed E-state index contributed by atoms with van der Waals surface area (Å²) in [5.41, 5.74) is 0. The van der Waals surface area contributed by atoms with E-state index in [0.717, 1.165) is 51.4 Å². The maximum absolute atomic E-state index is 9.57. The molecule has 0 spiro atoms. The van der Waals surface area contributed by atoms with E-state index in [1.54, 1.807) is 0 Å². The minimum Gasteiger partial charge on any atom is -0.404 e. The zero-order valence-corrected chi connectivity index (χ0v) is 28.4. The second-order valence-corrected chi connectivity index (χ2v) is 17.7. The summed E-state index contributed by atoms with van der Waals surface area (Å²) < 4.78 is 7.58. The number of rotatable bonds is 24. The summed E-state index contributed by atoms with van der Waals surface area (Å²) in [6, 6.07) is 21.9. The minimum absolute atomic E-state index is 0.0355. The van der Waals surface area contributed by atoms with E-state index in [1.807, 2.05) is 0 Å². The van der Waals surface area contributed by atoms with Crippen LogP contribution in [0.2, 0.25) is 5.04 Å². The average molecular weight is 615 g/mol. The van der Waals surface area contributed by atoms with Crippen LogP contribution in [0.1, 0.15) is 124 Å². The molecule has 244 valence electrons. The van der Waals surface area contributed by atoms with E-state index in [9.17, 15) is 10.2 Å². The fraction of sp³-hybridized carbons (Fsp3) is 0.676. The van der Waals surface area contributed by atoms with Gasteiger partial charge in [-0.15, -0.1) is 0 Å². The van der Waals surface area contributed by atoms with Crippen molar-refractivity contribution in [3.05, 3.63) is 60.7 Å². The fourth-order valence-electron chi connectivity index (χ4n) is 6.30. The molecule has 0 aliphatic heterocycles. The maximum atomic E-state index is 9.57. The van der Waals surface area contributed by atoms with Crippen LogP contribution in [0, 0.1) is 0 Å². The lowest BCUT2D eigenvalue weighted by atomic mass is 10.0. The van der Waals surface area contributed by atoms with Gasteiger partial charge < -0.3 is 24.9 Å². The first-order valence-electron chi connectivity index (χ1n) is 17.1. The lowest BCUT2D eigenvalue weighted by Crippen LogP contribution is -2.67. The molecular formula is C37H62O5Si. The Morgan fingerprint density at radius 2 is 0.860 bits per heavy atom. The van der Waals surface area contributed by atoms with Gasteiger partial charge >= 0.3 is 0 Å². The summed E-state index contributed by atoms with van der Waals surface area (Å²) in [7, 11) is -2.60. The molecular weight excluding hydrogens is 552 g/mol. The van der Waals surface area contributed by atoms with Crippen molar-refractivity contribution in [2.24, 2.45) is 0 Å². The van der Waals surface area contributed by atoms with E-state index in [1.165, 1.54) is 48.9 Å². The maximum Gasteiger partial charge on any atom is 0.261 e. The number of benzene rings is 2. The summed E-state index contributed by atoms with van der Waals surface area (Å²) in [6.07, 6.45) is 16.2. The summed E-state index contributed by atoms with van der Waals surface area (Å²) in [4.78, 5) is 0. The highest BCUT2D eigenvalue weighted by Crippen LogP contribution is 2.38. The number of hydrogen-bond donors (Lipinski definition) is 4. The Morgan fingerprint density at radius 3 is 1.19 bits per heavy atom. The SMILES string of the molecule is CC(C)(C)[Si](OC(CCCCCCCCC(O)CO)CCCCCCCCC(O)CO)(c1ccccc1)c1ccccc1. The van der Waals surface area contributed by atoms with Crippen LogP contribution < -0.4 is 10.4 Å². The van der Waals surface area contributed by atoms with Crippen LogP contribution in [0.5, 0.6) is 0 Å². The van der Waals surface area contributed by atoms with Crippen LogP contribution >= 0.6 is 0 Å². The first-order chi connectivity index (χ1) is 20.7. The van der Waals surface area contributed by atoms with Crippen molar-refractivity contribution < 1.29 is 24.9 Å². The molecule has 4 N–H and O–H groups in total. The molecule has 2 aromatic carbocycles. The zero-order chi connectivity index (χ0) is 31.4. The molecule has 0 bridgehead atoms. The Kier molecular flexibility index (Phi) is 18.6. The molecule has 43 heavy (non-hydrogen) atoms. The monoisotopic (exact) mass is 614 g/mol. The second-order valence-electron chi connectivity index (χ2n) is 13.5. The largest absolute Gasteiger partial charge is 0.404 e. The predicted molar refractivity (Wildman–Crippen MR) is 183 cm³/mol. The van der Waals surface area contributed by atoms with Gasteiger partial charge in [0.15, 0.2) is 0 Å². The van der Waals surface area contributed by atoms with Crippen molar-refractivity contribution >= 4 is 18.7 Å². The molecule has 2 aromatic rings. The van der Waals surface area contributed by atoms with Crippen LogP contribution in [0.25, 0.3) is 0 Å². The molecule has 0 aliphatic rings. The van der Waals surface area contributed by atoms with Crippen molar-refractivity contribution in [1.29, 1.82) is 0 Å². The molecule has 0 saturated heterocycles. The lowest BCUT2D eigenvalue weighted by Gasteiger charge is -2.45. The van der Waals surface area contributed by atoms with E-state index < -0.39 is 20.5 Å². The smallest absolute Gasteiger partial charge is 0.261 e. The highest BCUT2D eigenvalue weighted by Gasteiger charge is 2.51. The Bertz CT molecular complexity index is 868. The molecule has 0 fully saturated rings. The van der Waals surface area contributed by atoms with Gasteiger partial charge in [0.2, 0.25) is 0 Å². The average Bonchev–Trinajstić information content (AvgIpc) is 3.01. The molecule has 0 aromatic heterocycles. The van der Waals surface area contributed by atoms with Gasteiger partial charge in [-0.1, -0.05) is 158 Å². The molecule has 2 atom stereocenters. The van der Waals surface area contributed by atoms with Gasteiger partial charge in [0.05, 0.1) is 25.4 Å². The molecule has 6 heteroatoms. The van der Waals surface area contributed by atoms with Gasteiger partial charge in [0.25, 0.3) is 8.32 Å². The quantitative estimate of drug-likeness (QED) is 0.0765. The molecule has 2 unspecified atom stereocenters. The van der Waals surface area contributed by atoms with Crippen molar-refractivity contribution in [2.75, 3.05) is 13.2 Å². The summed E-state index contributed by atoms with van der Waals surface area (Å²) in [5, 5.41) is 39.8. The van der Waals surface area contributed by atoms with Gasteiger partial charge in [0.1, 0.15) is 0 Å². The van der Waals surface area contributed by atoms with E-state index in [2.05, 4.69) is 81.4 Å². The van der Waals surface area contributed by atoms with Gasteiger partial charge in [-0.25, -0.2) is 0 Å². The van der Waals surface area contributed by atoms with E-state index in [4.69, 9.17) is 14.6 Å². The van der Waals surface area contributed by atoms with E-state index in [-0.39, 0.29) is 24.4 Å². The highest BCUT2D eigenvalue weighted by atomic mass is 28.4. The van der Waals surface area contributed by atoms with Crippen molar-refractivity contribution in [1.82, 2.24) is 0 Å². The van der Waals surface area contributed by atoms with E-state index in [0.29, 0.717) is 12.8 Å². The van der Waals surface area contributed by atoms with Gasteiger partial charge in [-0.3, -0.25) is 0 Å². The molecule has 0 radical (unpaired) electrons. The summed E-state index contributed by atoms with van der Waals surface area (Å²) in [5.74, 6) is 0. The Labute approximate surface area is 263 Å². The van der Waals surface area contributed by atoms with Crippen LogP contribution in [0.4, 0.5) is 0 Å². The topological polar surface area (TPSA) is 90.2 Å². The van der Waals surface area contributed by atoms with Gasteiger partial charge in [-0.05, 0) is 41.1 Å². The number of unbranched alkanes of at least 4 members (excludes halogenated alkanes) is 10. The second kappa shape index (κ2) is 21.2. The van der Waals surface area contributed by atoms with Gasteiger partial charge in [-0.2, -0.15) is 0 Å². The number of aliphatic hydroxyl groups excluding tert-OH is 4. The molecule has 0 amide bonds. The van der Waals surface area contributed by atoms with Crippen LogP contribution in [0.15, 0.2) is 60.7 Å². The van der Waals surface area contributed by atoms with Crippen LogP contribution in [-0.2, 0) is 4.43 Å². The standard InChI is InChI=1S/C37H62O5Si/c1-37(2,3)43(35-26-18-12-19-27-35,36-28-20-13-21-29-36)42-34(24-16-10-6-4-8-14-22-32(40)30-38)25-17-11-7-5-9-15-23-33(41)31-39/h12-13,18-21,26-29,32-34,38-41H,4-11,14-17,22-25,30-31H2,1-3H3. The summed E-state index contributed by atoms with van der Waals surface area (Å²) in [6.45, 7) is 6.80. The third kappa shape index (κ3) is 13.5. The minimum atomic E-state index is -2.60. The molecule has 0 aliphatic carbocycles. The predicted octanol–water partition coefficient (Wildman–Crippen LogP) is 6.88. The molecule has 0 heterocycles. The third-order valence-corrected chi connectivity index (χ3v) is 13.9. The van der Waals surface area contributed by atoms with Gasteiger partial charge in [0, 0.05) is 6.10 Å². The Balaban J connectivity index is 2.07. The third-order valence-electron chi connectivity index (χ3n) is 8.81. The first-order valence-corrected chi connectivity index (χ1v) is 19.0. The zero-order valence-electron chi connectivity index (χ0n) is 27.4. The van der Waals surface area contributed by atoms with Crippen LogP contribution in [0.3, 0.4) is 0 Å². The molecule has 5 nitrogen and oxygen atoms in total. The van der Waals surface area contributed by atoms with Crippen molar-refractivity contribution in [3.8, 4) is 0 Å². The Hall–Kier alpha value is -1.54. The lowest BCUT2D eigenvalue weighted by molar-refractivity contribution is 0.0859. The highest BCUT2D eigenvalue weighted by molar-refractivity contribution is 6.99. The summed E-state index contributed by atoms with van der Waals surface area (Å²) >= 11 is 0. The van der Waals surface area contributed by atoms with E-state index >= 15 is 0 Å². The first kappa shape index (κ1) is 37.6. The van der Waals surface area contributed by atoms with Crippen molar-refractivity contribution in [2.45, 2.75) is 147 Å². The fourth-order valence-corrected chi connectivity index (χ4v) is 11.1. The number of hydrogen-bond acceptors (Lipinski definition) is 5. The van der Waals surface area contributed by atoms with Crippen molar-refractivity contribution in [3.63, 3.8) is 0 Å². The van der Waals surface area contributed by atoms with Crippen LogP contribution in [-0.4, -0.2) is 60.3 Å². The normalized spacial score (nSPS) is 14.5. The number of aliphatic hydroxyl groups is 4. The molecule has 2 rings (SSSR count). The molecule has 0 saturated carbocycles. The Morgan fingerprint density at radius 1 is 0.535 bits per heavy atom.